The lowest BCUT2D eigenvalue weighted by molar-refractivity contribution is 0.701. The first kappa shape index (κ1) is 15.8. The van der Waals surface area contributed by atoms with E-state index in [0.717, 1.165) is 27.5 Å². The Balaban J connectivity index is 2.01. The summed E-state index contributed by atoms with van der Waals surface area (Å²) in [6.07, 6.45) is 1.86. The largest absolute Gasteiger partial charge is 0.356 e. The summed E-state index contributed by atoms with van der Waals surface area (Å²) in [6, 6.07) is 5.86. The fourth-order valence-electron chi connectivity index (χ4n) is 2.05. The number of nitrogens with zero attached hydrogens (tertiary/aromatic N) is 2. The number of hydrogen-bond acceptors (Lipinski definition) is 2. The molecular formula is C15H19ClN4S. The van der Waals surface area contributed by atoms with Crippen molar-refractivity contribution in [3.63, 3.8) is 0 Å². The normalized spacial score (nSPS) is 12.0. The van der Waals surface area contributed by atoms with Crippen LogP contribution in [-0.2, 0) is 7.05 Å². The lowest BCUT2D eigenvalue weighted by atomic mass is 10.1. The van der Waals surface area contributed by atoms with Crippen molar-refractivity contribution in [2.24, 2.45) is 7.05 Å². The average molecular weight is 323 g/mol. The summed E-state index contributed by atoms with van der Waals surface area (Å²) in [5.41, 5.74) is 4.17. The van der Waals surface area contributed by atoms with Gasteiger partial charge in [-0.2, -0.15) is 5.10 Å². The van der Waals surface area contributed by atoms with E-state index in [1.54, 1.807) is 0 Å². The topological polar surface area (TPSA) is 41.9 Å². The van der Waals surface area contributed by atoms with Crippen LogP contribution in [0, 0.1) is 13.8 Å². The minimum absolute atomic E-state index is 0.0830. The maximum absolute atomic E-state index is 6.11. The summed E-state index contributed by atoms with van der Waals surface area (Å²) >= 11 is 11.5. The molecule has 0 aliphatic heterocycles. The Morgan fingerprint density at radius 1 is 1.38 bits per heavy atom. The van der Waals surface area contributed by atoms with E-state index in [0.29, 0.717) is 5.11 Å². The van der Waals surface area contributed by atoms with Gasteiger partial charge in [0.25, 0.3) is 0 Å². The molecular weight excluding hydrogens is 304 g/mol. The monoisotopic (exact) mass is 322 g/mol. The van der Waals surface area contributed by atoms with E-state index in [2.05, 4.69) is 22.7 Å². The first-order valence-corrected chi connectivity index (χ1v) is 7.49. The van der Waals surface area contributed by atoms with Gasteiger partial charge in [0.15, 0.2) is 5.11 Å². The SMILES string of the molecule is Cc1ccc(NC(=S)NC(C)c2cnn(C)c2C)cc1Cl. The van der Waals surface area contributed by atoms with Crippen molar-refractivity contribution in [2.45, 2.75) is 26.8 Å². The van der Waals surface area contributed by atoms with Crippen LogP contribution in [0.1, 0.15) is 29.8 Å². The molecule has 0 aliphatic carbocycles. The highest BCUT2D eigenvalue weighted by Crippen LogP contribution is 2.20. The van der Waals surface area contributed by atoms with Gasteiger partial charge in [0.1, 0.15) is 0 Å². The Bertz CT molecular complexity index is 666. The Kier molecular flexibility index (Phi) is 4.85. The van der Waals surface area contributed by atoms with E-state index < -0.39 is 0 Å². The summed E-state index contributed by atoms with van der Waals surface area (Å²) < 4.78 is 1.85. The zero-order valence-corrected chi connectivity index (χ0v) is 14.1. The molecule has 0 saturated heterocycles. The summed E-state index contributed by atoms with van der Waals surface area (Å²) in [7, 11) is 1.93. The zero-order valence-electron chi connectivity index (χ0n) is 12.6. The highest BCUT2D eigenvalue weighted by Gasteiger charge is 2.13. The fourth-order valence-corrected chi connectivity index (χ4v) is 2.53. The number of hydrogen-bond donors (Lipinski definition) is 2. The minimum atomic E-state index is 0.0830. The number of aryl methyl sites for hydroxylation is 2. The van der Waals surface area contributed by atoms with E-state index in [1.807, 2.05) is 50.0 Å². The second-order valence-corrected chi connectivity index (χ2v) is 5.91. The summed E-state index contributed by atoms with van der Waals surface area (Å²) in [4.78, 5) is 0. The van der Waals surface area contributed by atoms with Crippen molar-refractivity contribution in [3.05, 3.63) is 46.2 Å². The van der Waals surface area contributed by atoms with E-state index in [9.17, 15) is 0 Å². The van der Waals surface area contributed by atoms with Gasteiger partial charge in [-0.15, -0.1) is 0 Å². The van der Waals surface area contributed by atoms with E-state index in [1.165, 1.54) is 0 Å². The number of benzene rings is 1. The van der Waals surface area contributed by atoms with Gasteiger partial charge in [-0.3, -0.25) is 4.68 Å². The van der Waals surface area contributed by atoms with Crippen molar-refractivity contribution in [1.29, 1.82) is 0 Å². The molecule has 1 heterocycles. The molecule has 1 aromatic heterocycles. The first-order valence-electron chi connectivity index (χ1n) is 6.70. The number of thiocarbonyl (C=S) groups is 1. The first-order chi connectivity index (χ1) is 9.88. The molecule has 0 fully saturated rings. The summed E-state index contributed by atoms with van der Waals surface area (Å²) in [6.45, 7) is 6.06. The molecule has 0 amide bonds. The highest BCUT2D eigenvalue weighted by molar-refractivity contribution is 7.80. The predicted molar refractivity (Wildman–Crippen MR) is 91.9 cm³/mol. The number of nitrogens with one attached hydrogen (secondary N) is 2. The second kappa shape index (κ2) is 6.45. The molecule has 2 rings (SSSR count). The number of rotatable bonds is 3. The molecule has 2 N–H and O–H groups in total. The molecule has 0 bridgehead atoms. The molecule has 6 heteroatoms. The van der Waals surface area contributed by atoms with Crippen molar-refractivity contribution in [2.75, 3.05) is 5.32 Å². The predicted octanol–water partition coefficient (Wildman–Crippen LogP) is 3.74. The summed E-state index contributed by atoms with van der Waals surface area (Å²) in [5, 5.41) is 11.9. The molecule has 0 radical (unpaired) electrons. The standard InChI is InChI=1S/C15H19ClN4S/c1-9-5-6-12(7-14(9)16)19-15(21)18-10(2)13-8-17-20(4)11(13)3/h5-8,10H,1-4H3,(H2,18,19,21). The Morgan fingerprint density at radius 3 is 2.67 bits per heavy atom. The van der Waals surface area contributed by atoms with Gasteiger partial charge in [-0.25, -0.2) is 0 Å². The average Bonchev–Trinajstić information content (AvgIpc) is 2.74. The minimum Gasteiger partial charge on any atom is -0.356 e. The zero-order chi connectivity index (χ0) is 15.6. The van der Waals surface area contributed by atoms with E-state index in [-0.39, 0.29) is 6.04 Å². The van der Waals surface area contributed by atoms with Crippen LogP contribution in [0.3, 0.4) is 0 Å². The Morgan fingerprint density at radius 2 is 2.10 bits per heavy atom. The van der Waals surface area contributed by atoms with E-state index >= 15 is 0 Å². The van der Waals surface area contributed by atoms with Crippen molar-refractivity contribution < 1.29 is 0 Å². The quantitative estimate of drug-likeness (QED) is 0.845. The fraction of sp³-hybridized carbons (Fsp3) is 0.333. The van der Waals surface area contributed by atoms with Gasteiger partial charge >= 0.3 is 0 Å². The van der Waals surface area contributed by atoms with Crippen LogP contribution in [0.5, 0.6) is 0 Å². The molecule has 1 unspecified atom stereocenters. The van der Waals surface area contributed by atoms with Crippen LogP contribution in [0.15, 0.2) is 24.4 Å². The molecule has 0 saturated carbocycles. The molecule has 1 atom stereocenters. The molecule has 1 aromatic carbocycles. The van der Waals surface area contributed by atoms with Crippen LogP contribution >= 0.6 is 23.8 Å². The van der Waals surface area contributed by atoms with Gasteiger partial charge in [0.2, 0.25) is 0 Å². The second-order valence-electron chi connectivity index (χ2n) is 5.09. The molecule has 4 nitrogen and oxygen atoms in total. The van der Waals surface area contributed by atoms with Gasteiger partial charge in [-0.1, -0.05) is 17.7 Å². The van der Waals surface area contributed by atoms with Crippen LogP contribution in [0.2, 0.25) is 5.02 Å². The van der Waals surface area contributed by atoms with Gasteiger partial charge in [0, 0.05) is 29.0 Å². The maximum atomic E-state index is 6.11. The molecule has 112 valence electrons. The number of anilines is 1. The number of halogens is 1. The molecule has 2 aromatic rings. The van der Waals surface area contributed by atoms with E-state index in [4.69, 9.17) is 23.8 Å². The van der Waals surface area contributed by atoms with Crippen LogP contribution in [0.25, 0.3) is 0 Å². The molecule has 0 aliphatic rings. The van der Waals surface area contributed by atoms with Crippen LogP contribution in [-0.4, -0.2) is 14.9 Å². The van der Waals surface area contributed by atoms with Crippen LogP contribution < -0.4 is 10.6 Å². The third-order valence-corrected chi connectivity index (χ3v) is 4.14. The molecule has 21 heavy (non-hydrogen) atoms. The van der Waals surface area contributed by atoms with Crippen molar-refractivity contribution in [1.82, 2.24) is 15.1 Å². The third kappa shape index (κ3) is 3.74. The van der Waals surface area contributed by atoms with Gasteiger partial charge in [-0.05, 0) is 50.7 Å². The van der Waals surface area contributed by atoms with Gasteiger partial charge in [0.05, 0.1) is 12.2 Å². The lowest BCUT2D eigenvalue weighted by Crippen LogP contribution is -2.31. The number of aromatic nitrogens is 2. The Labute approximate surface area is 135 Å². The highest BCUT2D eigenvalue weighted by atomic mass is 35.5. The maximum Gasteiger partial charge on any atom is 0.171 e. The van der Waals surface area contributed by atoms with Crippen LogP contribution in [0.4, 0.5) is 5.69 Å². The van der Waals surface area contributed by atoms with Crippen molar-refractivity contribution in [3.8, 4) is 0 Å². The third-order valence-electron chi connectivity index (χ3n) is 3.52. The Hall–Kier alpha value is -1.59. The lowest BCUT2D eigenvalue weighted by Gasteiger charge is -2.17. The van der Waals surface area contributed by atoms with Crippen molar-refractivity contribution >= 4 is 34.6 Å². The molecule has 0 spiro atoms. The van der Waals surface area contributed by atoms with Gasteiger partial charge < -0.3 is 10.6 Å². The summed E-state index contributed by atoms with van der Waals surface area (Å²) in [5.74, 6) is 0. The smallest absolute Gasteiger partial charge is 0.171 e.